The molecule has 3 rings (SSSR count). The van der Waals surface area contributed by atoms with Crippen LogP contribution in [0.4, 0.5) is 0 Å². The molecule has 3 heteroatoms. The molecule has 3 fully saturated rings. The van der Waals surface area contributed by atoms with Gasteiger partial charge in [-0.05, 0) is 24.7 Å². The number of Topliss-reactive ketones (excluding diaryl/α,β-unsaturated/α-hetero) is 1. The molecule has 1 unspecified atom stereocenters. The zero-order valence-corrected chi connectivity index (χ0v) is 10.9. The number of carbonyl (C=O) groups is 1. The van der Waals surface area contributed by atoms with Crippen LogP contribution in [0.15, 0.2) is 0 Å². The van der Waals surface area contributed by atoms with Crippen molar-refractivity contribution in [2.24, 2.45) is 29.6 Å². The first-order chi connectivity index (χ1) is 8.11. The molecule has 0 bridgehead atoms. The molecule has 1 aliphatic heterocycles. The fourth-order valence-corrected chi connectivity index (χ4v) is 4.42. The first-order valence-electron chi connectivity index (χ1n) is 6.82. The number of methoxy groups -OCH3 is 1. The minimum absolute atomic E-state index is 0.0825. The summed E-state index contributed by atoms with van der Waals surface area (Å²) >= 11 is 0. The Morgan fingerprint density at radius 1 is 1.24 bits per heavy atom. The summed E-state index contributed by atoms with van der Waals surface area (Å²) < 4.78 is 11.5. The summed E-state index contributed by atoms with van der Waals surface area (Å²) in [4.78, 5) is 12.2. The van der Waals surface area contributed by atoms with Crippen LogP contribution >= 0.6 is 0 Å². The lowest BCUT2D eigenvalue weighted by Gasteiger charge is -2.43. The third kappa shape index (κ3) is 1.66. The molecular weight excluding hydrogens is 216 g/mol. The van der Waals surface area contributed by atoms with Gasteiger partial charge in [-0.25, -0.2) is 0 Å². The smallest absolute Gasteiger partial charge is 0.161 e. The highest BCUT2D eigenvalue weighted by molar-refractivity contribution is 5.82. The highest BCUT2D eigenvalue weighted by atomic mass is 16.7. The Kier molecular flexibility index (Phi) is 2.79. The standard InChI is InChI=1S/C14H22O3/c1-7-4-9-10(15)6-8(2)12-13(9)11(5-7)17-14(12)16-3/h7-9,11-14H,4-6H2,1-3H3/t7-,8-,9+,11-,12+,13+,14?/m0/s1. The Bertz CT molecular complexity index is 327. The van der Waals surface area contributed by atoms with Crippen LogP contribution in [-0.4, -0.2) is 25.3 Å². The van der Waals surface area contributed by atoms with Crippen LogP contribution in [0.1, 0.15) is 33.1 Å². The molecule has 3 aliphatic rings. The summed E-state index contributed by atoms with van der Waals surface area (Å²) in [6.07, 6.45) is 3.04. The molecule has 0 spiro atoms. The zero-order chi connectivity index (χ0) is 12.2. The maximum absolute atomic E-state index is 12.2. The van der Waals surface area contributed by atoms with Crippen LogP contribution in [-0.2, 0) is 14.3 Å². The Morgan fingerprint density at radius 2 is 2.00 bits per heavy atom. The van der Waals surface area contributed by atoms with Crippen molar-refractivity contribution < 1.29 is 14.3 Å². The van der Waals surface area contributed by atoms with Gasteiger partial charge in [0.1, 0.15) is 5.78 Å². The Hall–Kier alpha value is -0.410. The van der Waals surface area contributed by atoms with Crippen LogP contribution in [0.3, 0.4) is 0 Å². The average Bonchev–Trinajstić information content (AvgIpc) is 2.64. The van der Waals surface area contributed by atoms with Crippen molar-refractivity contribution in [3.05, 3.63) is 0 Å². The molecule has 2 aliphatic carbocycles. The number of rotatable bonds is 1. The summed E-state index contributed by atoms with van der Waals surface area (Å²) in [6, 6.07) is 0. The lowest BCUT2D eigenvalue weighted by molar-refractivity contribution is -0.141. The van der Waals surface area contributed by atoms with Gasteiger partial charge in [-0.15, -0.1) is 0 Å². The van der Waals surface area contributed by atoms with E-state index in [1.807, 2.05) is 0 Å². The third-order valence-electron chi connectivity index (χ3n) is 5.08. The van der Waals surface area contributed by atoms with Crippen molar-refractivity contribution in [3.63, 3.8) is 0 Å². The van der Waals surface area contributed by atoms with Crippen molar-refractivity contribution in [2.75, 3.05) is 7.11 Å². The van der Waals surface area contributed by atoms with Gasteiger partial charge in [0, 0.05) is 31.3 Å². The van der Waals surface area contributed by atoms with Gasteiger partial charge in [-0.1, -0.05) is 13.8 Å². The van der Waals surface area contributed by atoms with Crippen molar-refractivity contribution in [1.82, 2.24) is 0 Å². The highest BCUT2D eigenvalue weighted by Crippen LogP contribution is 2.53. The van der Waals surface area contributed by atoms with E-state index < -0.39 is 0 Å². The molecule has 3 nitrogen and oxygen atoms in total. The fraction of sp³-hybridized carbons (Fsp3) is 0.929. The predicted octanol–water partition coefficient (Wildman–Crippen LogP) is 2.25. The molecule has 0 amide bonds. The number of ketones is 1. The number of ether oxygens (including phenoxy) is 2. The van der Waals surface area contributed by atoms with E-state index in [1.165, 1.54) is 0 Å². The van der Waals surface area contributed by atoms with Crippen molar-refractivity contribution in [3.8, 4) is 0 Å². The Labute approximate surface area is 103 Å². The van der Waals surface area contributed by atoms with Gasteiger partial charge >= 0.3 is 0 Å². The molecule has 96 valence electrons. The van der Waals surface area contributed by atoms with Gasteiger partial charge in [-0.3, -0.25) is 4.79 Å². The average molecular weight is 238 g/mol. The lowest BCUT2D eigenvalue weighted by atomic mass is 9.60. The molecule has 7 atom stereocenters. The molecule has 0 aromatic rings. The summed E-state index contributed by atoms with van der Waals surface area (Å²) in [5.41, 5.74) is 0. The molecule has 0 aromatic carbocycles. The van der Waals surface area contributed by atoms with E-state index in [2.05, 4.69) is 13.8 Å². The fourth-order valence-electron chi connectivity index (χ4n) is 4.42. The van der Waals surface area contributed by atoms with Crippen molar-refractivity contribution >= 4 is 5.78 Å². The van der Waals surface area contributed by atoms with E-state index >= 15 is 0 Å². The van der Waals surface area contributed by atoms with E-state index in [0.717, 1.165) is 12.8 Å². The topological polar surface area (TPSA) is 35.5 Å². The first-order valence-corrected chi connectivity index (χ1v) is 6.82. The highest BCUT2D eigenvalue weighted by Gasteiger charge is 2.57. The molecule has 1 saturated heterocycles. The molecule has 0 N–H and O–H groups in total. The Morgan fingerprint density at radius 3 is 2.71 bits per heavy atom. The summed E-state index contributed by atoms with van der Waals surface area (Å²) in [7, 11) is 1.73. The molecule has 0 radical (unpaired) electrons. The minimum Gasteiger partial charge on any atom is -0.356 e. The van der Waals surface area contributed by atoms with Crippen molar-refractivity contribution in [1.29, 1.82) is 0 Å². The molecule has 17 heavy (non-hydrogen) atoms. The van der Waals surface area contributed by atoms with Crippen LogP contribution in [0, 0.1) is 29.6 Å². The van der Waals surface area contributed by atoms with E-state index in [1.54, 1.807) is 7.11 Å². The second-order valence-electron chi connectivity index (χ2n) is 6.26. The number of hydrogen-bond acceptors (Lipinski definition) is 3. The van der Waals surface area contributed by atoms with E-state index in [0.29, 0.717) is 35.9 Å². The van der Waals surface area contributed by atoms with E-state index in [4.69, 9.17) is 9.47 Å². The Balaban J connectivity index is 1.93. The molecule has 2 saturated carbocycles. The van der Waals surface area contributed by atoms with Crippen LogP contribution < -0.4 is 0 Å². The van der Waals surface area contributed by atoms with Crippen LogP contribution in [0.5, 0.6) is 0 Å². The first kappa shape index (κ1) is 11.7. The molecule has 1 heterocycles. The largest absolute Gasteiger partial charge is 0.356 e. The summed E-state index contributed by atoms with van der Waals surface area (Å²) in [5, 5.41) is 0. The molecule has 0 aromatic heterocycles. The van der Waals surface area contributed by atoms with Gasteiger partial charge in [-0.2, -0.15) is 0 Å². The quantitative estimate of drug-likeness (QED) is 0.703. The maximum atomic E-state index is 12.2. The maximum Gasteiger partial charge on any atom is 0.161 e. The zero-order valence-electron chi connectivity index (χ0n) is 10.9. The normalized spacial score (nSPS) is 53.6. The molecular formula is C14H22O3. The van der Waals surface area contributed by atoms with Gasteiger partial charge < -0.3 is 9.47 Å². The second-order valence-corrected chi connectivity index (χ2v) is 6.26. The predicted molar refractivity (Wildman–Crippen MR) is 63.3 cm³/mol. The van der Waals surface area contributed by atoms with Crippen LogP contribution in [0.2, 0.25) is 0 Å². The van der Waals surface area contributed by atoms with Gasteiger partial charge in [0.2, 0.25) is 0 Å². The van der Waals surface area contributed by atoms with Gasteiger partial charge in [0.05, 0.1) is 6.10 Å². The van der Waals surface area contributed by atoms with Crippen molar-refractivity contribution in [2.45, 2.75) is 45.5 Å². The number of carbonyl (C=O) groups excluding carboxylic acids is 1. The van der Waals surface area contributed by atoms with Crippen LogP contribution in [0.25, 0.3) is 0 Å². The van der Waals surface area contributed by atoms with Gasteiger partial charge in [0.25, 0.3) is 0 Å². The van der Waals surface area contributed by atoms with E-state index in [-0.39, 0.29) is 18.3 Å². The van der Waals surface area contributed by atoms with Gasteiger partial charge in [0.15, 0.2) is 6.29 Å². The summed E-state index contributed by atoms with van der Waals surface area (Å²) in [5.74, 6) is 2.58. The second kappa shape index (κ2) is 4.06. The van der Waals surface area contributed by atoms with E-state index in [9.17, 15) is 4.79 Å². The SMILES string of the molecule is COC1O[C@H]2C[C@@H](C)C[C@@H]3C(=O)C[C@H](C)[C@@H]1[C@@H]23. The monoisotopic (exact) mass is 238 g/mol. The number of hydrogen-bond donors (Lipinski definition) is 0. The minimum atomic E-state index is -0.0825. The summed E-state index contributed by atoms with van der Waals surface area (Å²) in [6.45, 7) is 4.41. The third-order valence-corrected chi connectivity index (χ3v) is 5.08. The lowest BCUT2D eigenvalue weighted by Crippen LogP contribution is -2.46.